The molecule has 7 heteroatoms. The van der Waals surface area contributed by atoms with Gasteiger partial charge in [0.2, 0.25) is 0 Å². The Labute approximate surface area is 121 Å². The molecule has 0 atom stereocenters. The van der Waals surface area contributed by atoms with Crippen LogP contribution in [-0.2, 0) is 9.53 Å². The lowest BCUT2D eigenvalue weighted by molar-refractivity contribution is -0.141. The number of ether oxygens (including phenoxy) is 1. The summed E-state index contributed by atoms with van der Waals surface area (Å²) >= 11 is 4.68. The molecule has 0 amide bonds. The van der Waals surface area contributed by atoms with Crippen LogP contribution in [-0.4, -0.2) is 30.7 Å². The molecule has 4 nitrogen and oxygen atoms in total. The zero-order valence-corrected chi connectivity index (χ0v) is 12.1. The standard InChI is InChI=1S/C13H16F2N2O2S/c1-3-17(7-11(18)19-4-2)12-9(14)5-8(13(16)20)6-10(12)15/h5-6H,3-4,7H2,1-2H3,(H2,16,20). The van der Waals surface area contributed by atoms with Crippen molar-refractivity contribution in [2.75, 3.05) is 24.6 Å². The van der Waals surface area contributed by atoms with Gasteiger partial charge in [0, 0.05) is 12.1 Å². The van der Waals surface area contributed by atoms with Crippen LogP contribution in [0.15, 0.2) is 12.1 Å². The van der Waals surface area contributed by atoms with Crippen molar-refractivity contribution >= 4 is 28.9 Å². The largest absolute Gasteiger partial charge is 0.465 e. The van der Waals surface area contributed by atoms with Gasteiger partial charge >= 0.3 is 5.97 Å². The summed E-state index contributed by atoms with van der Waals surface area (Å²) in [5.74, 6) is -2.19. The monoisotopic (exact) mass is 302 g/mol. The van der Waals surface area contributed by atoms with Gasteiger partial charge in [-0.25, -0.2) is 8.78 Å². The van der Waals surface area contributed by atoms with Crippen LogP contribution in [0.3, 0.4) is 0 Å². The van der Waals surface area contributed by atoms with Crippen molar-refractivity contribution < 1.29 is 18.3 Å². The molecule has 110 valence electrons. The number of hydrogen-bond acceptors (Lipinski definition) is 4. The first-order chi connectivity index (χ1) is 9.40. The first-order valence-electron chi connectivity index (χ1n) is 6.10. The molecule has 0 heterocycles. The van der Waals surface area contributed by atoms with E-state index in [1.807, 2.05) is 0 Å². The summed E-state index contributed by atoms with van der Waals surface area (Å²) in [4.78, 5) is 12.6. The predicted octanol–water partition coefficient (Wildman–Crippen LogP) is 1.99. The van der Waals surface area contributed by atoms with E-state index in [9.17, 15) is 13.6 Å². The SMILES string of the molecule is CCOC(=O)CN(CC)c1c(F)cc(C(N)=S)cc1F. The predicted molar refractivity (Wildman–Crippen MR) is 76.8 cm³/mol. The third-order valence-electron chi connectivity index (χ3n) is 2.62. The molecule has 0 aromatic heterocycles. The number of carbonyl (C=O) groups excluding carboxylic acids is 1. The molecule has 0 saturated carbocycles. The highest BCUT2D eigenvalue weighted by Gasteiger charge is 2.20. The van der Waals surface area contributed by atoms with E-state index in [-0.39, 0.29) is 35.9 Å². The Morgan fingerprint density at radius 3 is 2.30 bits per heavy atom. The van der Waals surface area contributed by atoms with Crippen LogP contribution in [0.25, 0.3) is 0 Å². The second-order valence-corrected chi connectivity index (χ2v) is 4.41. The molecular formula is C13H16F2N2O2S. The van der Waals surface area contributed by atoms with Gasteiger partial charge in [0.25, 0.3) is 0 Å². The maximum atomic E-state index is 14.0. The fourth-order valence-corrected chi connectivity index (χ4v) is 1.84. The Morgan fingerprint density at radius 2 is 1.90 bits per heavy atom. The van der Waals surface area contributed by atoms with E-state index in [0.717, 1.165) is 12.1 Å². The molecule has 0 aliphatic rings. The zero-order chi connectivity index (χ0) is 15.3. The molecule has 1 aromatic rings. The maximum Gasteiger partial charge on any atom is 0.325 e. The number of nitrogens with zero attached hydrogens (tertiary/aromatic N) is 1. The summed E-state index contributed by atoms with van der Waals surface area (Å²) in [6.45, 7) is 3.57. The highest BCUT2D eigenvalue weighted by atomic mass is 32.1. The van der Waals surface area contributed by atoms with Crippen molar-refractivity contribution in [3.8, 4) is 0 Å². The molecule has 20 heavy (non-hydrogen) atoms. The molecule has 0 bridgehead atoms. The van der Waals surface area contributed by atoms with Gasteiger partial charge in [-0.2, -0.15) is 0 Å². The minimum absolute atomic E-state index is 0.0946. The van der Waals surface area contributed by atoms with Crippen molar-refractivity contribution in [1.29, 1.82) is 0 Å². The first-order valence-corrected chi connectivity index (χ1v) is 6.50. The number of carbonyl (C=O) groups is 1. The number of nitrogens with two attached hydrogens (primary N) is 1. The highest BCUT2D eigenvalue weighted by molar-refractivity contribution is 7.80. The van der Waals surface area contributed by atoms with Crippen LogP contribution in [0.1, 0.15) is 19.4 Å². The molecule has 0 unspecified atom stereocenters. The summed E-state index contributed by atoms with van der Waals surface area (Å²) in [6, 6.07) is 2.10. The van der Waals surface area contributed by atoms with Crippen LogP contribution in [0.2, 0.25) is 0 Å². The summed E-state index contributed by atoms with van der Waals surface area (Å²) in [5, 5.41) is 0. The van der Waals surface area contributed by atoms with Crippen molar-refractivity contribution in [3.63, 3.8) is 0 Å². The Kier molecular flexibility index (Phi) is 5.82. The highest BCUT2D eigenvalue weighted by Crippen LogP contribution is 2.25. The quantitative estimate of drug-likeness (QED) is 0.643. The van der Waals surface area contributed by atoms with Crippen LogP contribution in [0.4, 0.5) is 14.5 Å². The van der Waals surface area contributed by atoms with Gasteiger partial charge in [0.15, 0.2) is 0 Å². The first kappa shape index (κ1) is 16.3. The maximum absolute atomic E-state index is 14.0. The molecule has 0 spiro atoms. The van der Waals surface area contributed by atoms with Crippen molar-refractivity contribution in [3.05, 3.63) is 29.3 Å². The van der Waals surface area contributed by atoms with Gasteiger partial charge in [-0.1, -0.05) is 12.2 Å². The molecule has 1 rings (SSSR count). The van der Waals surface area contributed by atoms with Crippen LogP contribution in [0, 0.1) is 11.6 Å². The smallest absolute Gasteiger partial charge is 0.325 e. The number of anilines is 1. The van der Waals surface area contributed by atoms with Gasteiger partial charge < -0.3 is 15.4 Å². The number of halogens is 2. The van der Waals surface area contributed by atoms with E-state index in [2.05, 4.69) is 12.2 Å². The second-order valence-electron chi connectivity index (χ2n) is 3.97. The van der Waals surface area contributed by atoms with Gasteiger partial charge in [-0.15, -0.1) is 0 Å². The Morgan fingerprint density at radius 1 is 1.35 bits per heavy atom. The normalized spacial score (nSPS) is 10.2. The Hall–Kier alpha value is -1.76. The molecule has 0 aliphatic heterocycles. The lowest BCUT2D eigenvalue weighted by Gasteiger charge is -2.23. The molecule has 0 fully saturated rings. The van der Waals surface area contributed by atoms with E-state index >= 15 is 0 Å². The van der Waals surface area contributed by atoms with E-state index in [0.29, 0.717) is 0 Å². The van der Waals surface area contributed by atoms with Gasteiger partial charge in [0.05, 0.1) is 6.61 Å². The Bertz CT molecular complexity index is 500. The third kappa shape index (κ3) is 3.86. The summed E-state index contributed by atoms with van der Waals surface area (Å²) in [6.07, 6.45) is 0. The Balaban J connectivity index is 3.09. The third-order valence-corrected chi connectivity index (χ3v) is 2.86. The van der Waals surface area contributed by atoms with E-state index < -0.39 is 17.6 Å². The number of likely N-dealkylation sites (N-methyl/N-ethyl adjacent to an activating group) is 1. The van der Waals surface area contributed by atoms with Gasteiger partial charge in [0.1, 0.15) is 28.9 Å². The number of thiocarbonyl (C=S) groups is 1. The molecule has 1 aromatic carbocycles. The molecular weight excluding hydrogens is 286 g/mol. The van der Waals surface area contributed by atoms with Crippen LogP contribution < -0.4 is 10.6 Å². The minimum Gasteiger partial charge on any atom is -0.465 e. The summed E-state index contributed by atoms with van der Waals surface area (Å²) < 4.78 is 32.8. The van der Waals surface area contributed by atoms with E-state index in [1.54, 1.807) is 13.8 Å². The van der Waals surface area contributed by atoms with Crippen molar-refractivity contribution in [2.45, 2.75) is 13.8 Å². The number of benzene rings is 1. The molecule has 0 radical (unpaired) electrons. The van der Waals surface area contributed by atoms with E-state index in [4.69, 9.17) is 10.5 Å². The number of hydrogen-bond donors (Lipinski definition) is 1. The van der Waals surface area contributed by atoms with Crippen molar-refractivity contribution in [1.82, 2.24) is 0 Å². The van der Waals surface area contributed by atoms with E-state index in [1.165, 1.54) is 4.90 Å². The second kappa shape index (κ2) is 7.14. The number of rotatable bonds is 6. The fraction of sp³-hybridized carbons (Fsp3) is 0.385. The average molecular weight is 302 g/mol. The van der Waals surface area contributed by atoms with Crippen molar-refractivity contribution in [2.24, 2.45) is 5.73 Å². The lowest BCUT2D eigenvalue weighted by atomic mass is 10.1. The lowest BCUT2D eigenvalue weighted by Crippen LogP contribution is -2.32. The molecule has 0 aliphatic carbocycles. The zero-order valence-electron chi connectivity index (χ0n) is 11.3. The number of esters is 1. The van der Waals surface area contributed by atoms with Gasteiger partial charge in [-0.05, 0) is 26.0 Å². The molecule has 2 N–H and O–H groups in total. The van der Waals surface area contributed by atoms with Crippen LogP contribution >= 0.6 is 12.2 Å². The molecule has 0 saturated heterocycles. The summed E-state index contributed by atoms with van der Waals surface area (Å²) in [7, 11) is 0. The fourth-order valence-electron chi connectivity index (χ4n) is 1.72. The average Bonchev–Trinajstić information content (AvgIpc) is 2.36. The van der Waals surface area contributed by atoms with Crippen LogP contribution in [0.5, 0.6) is 0 Å². The summed E-state index contributed by atoms with van der Waals surface area (Å²) in [5.41, 5.74) is 5.15. The van der Waals surface area contributed by atoms with Gasteiger partial charge in [-0.3, -0.25) is 4.79 Å². The topological polar surface area (TPSA) is 55.6 Å². The minimum atomic E-state index is -0.820.